The number of carbonyl (C=O) groups is 4. The first-order valence-electron chi connectivity index (χ1n) is 11.4. The van der Waals surface area contributed by atoms with E-state index in [1.165, 1.54) is 12.1 Å². The van der Waals surface area contributed by atoms with Crippen LogP contribution in [0.1, 0.15) is 50.4 Å². The van der Waals surface area contributed by atoms with Crippen molar-refractivity contribution in [1.29, 1.82) is 0 Å². The minimum atomic E-state index is -3.79. The number of piperidine rings is 1. The second kappa shape index (κ2) is 8.43. The summed E-state index contributed by atoms with van der Waals surface area (Å²) in [6, 6.07) is 3.96. The van der Waals surface area contributed by atoms with Crippen LogP contribution < -0.4 is 5.32 Å². The lowest BCUT2D eigenvalue weighted by Crippen LogP contribution is -2.52. The third kappa shape index (κ3) is 4.14. The normalized spacial score (nSPS) is 22.2. The molecule has 3 amide bonds. The number of imide groups is 1. The Hall–Kier alpha value is -3.13. The van der Waals surface area contributed by atoms with E-state index in [9.17, 15) is 28.0 Å². The van der Waals surface area contributed by atoms with E-state index < -0.39 is 54.0 Å². The summed E-state index contributed by atoms with van der Waals surface area (Å²) in [7, 11) is 0. The van der Waals surface area contributed by atoms with Gasteiger partial charge in [0.05, 0.1) is 4.11 Å². The van der Waals surface area contributed by atoms with Gasteiger partial charge in [-0.1, -0.05) is 35.8 Å². The van der Waals surface area contributed by atoms with Gasteiger partial charge in [0, 0.05) is 35.5 Å². The van der Waals surface area contributed by atoms with Crippen molar-refractivity contribution in [3.8, 4) is 0 Å². The fourth-order valence-electron chi connectivity index (χ4n) is 3.65. The molecule has 1 saturated heterocycles. The molecule has 2 aliphatic rings. The third-order valence-corrected chi connectivity index (χ3v) is 5.65. The molecule has 2 atom stereocenters. The van der Waals surface area contributed by atoms with Gasteiger partial charge in [-0.05, 0) is 42.1 Å². The van der Waals surface area contributed by atoms with Crippen LogP contribution in [0.15, 0.2) is 42.4 Å². The number of benzene rings is 2. The SMILES string of the molecule is [2H]c1cc(CCC(=O)C(F)(F)c2ccc(Cl)cc2)c([2H])c2c1C(=O)N(C1CCC(=O)NC1=O)C2[2H]. The molecule has 0 spiro atoms. The molecule has 2 unspecified atom stereocenters. The Morgan fingerprint density at radius 3 is 2.66 bits per heavy atom. The van der Waals surface area contributed by atoms with Gasteiger partial charge in [-0.15, -0.1) is 0 Å². The van der Waals surface area contributed by atoms with Crippen LogP contribution >= 0.6 is 11.6 Å². The Morgan fingerprint density at radius 2 is 1.97 bits per heavy atom. The molecule has 0 aromatic heterocycles. The monoisotopic (exact) mass is 463 g/mol. The van der Waals surface area contributed by atoms with Crippen molar-refractivity contribution in [1.82, 2.24) is 10.2 Å². The summed E-state index contributed by atoms with van der Waals surface area (Å²) in [4.78, 5) is 49.9. The van der Waals surface area contributed by atoms with Crippen LogP contribution in [-0.4, -0.2) is 34.4 Å². The van der Waals surface area contributed by atoms with E-state index in [0.717, 1.165) is 23.1 Å². The van der Waals surface area contributed by atoms with Crippen LogP contribution in [-0.2, 0) is 33.2 Å². The van der Waals surface area contributed by atoms with Gasteiger partial charge in [0.2, 0.25) is 17.6 Å². The van der Waals surface area contributed by atoms with Crippen molar-refractivity contribution in [3.05, 3.63) is 69.7 Å². The third-order valence-electron chi connectivity index (χ3n) is 5.40. The summed E-state index contributed by atoms with van der Waals surface area (Å²) < 4.78 is 54.4. The molecular formula is C23H19ClF2N2O4. The van der Waals surface area contributed by atoms with Crippen LogP contribution in [0.5, 0.6) is 0 Å². The average molecular weight is 464 g/mol. The highest BCUT2D eigenvalue weighted by molar-refractivity contribution is 6.30. The van der Waals surface area contributed by atoms with Gasteiger partial charge < -0.3 is 4.90 Å². The molecule has 1 fully saturated rings. The standard InChI is InChI=1S/C23H19ClF2N2O4/c24-16-5-3-15(4-6-16)23(25,26)19(29)9-2-13-1-7-17-14(11-13)12-28(22(17)32)18-8-10-20(30)27-21(18)31/h1,3-7,11,18H,2,8-10,12H2,(H,27,30,31)/i7D,11D,12D. The minimum absolute atomic E-state index is 0.00157. The molecule has 4 rings (SSSR count). The number of nitrogens with one attached hydrogen (secondary N) is 1. The number of halogens is 3. The zero-order chi connectivity index (χ0) is 25.7. The number of hydrogen-bond acceptors (Lipinski definition) is 4. The van der Waals surface area contributed by atoms with E-state index in [1.807, 2.05) is 0 Å². The number of alkyl halides is 2. The number of nitrogens with zero attached hydrogens (tertiary/aromatic N) is 1. The first-order valence-corrected chi connectivity index (χ1v) is 10.2. The van der Waals surface area contributed by atoms with Crippen molar-refractivity contribution in [3.63, 3.8) is 0 Å². The van der Waals surface area contributed by atoms with E-state index in [4.69, 9.17) is 15.7 Å². The summed E-state index contributed by atoms with van der Waals surface area (Å²) in [5.41, 5.74) is -0.811. The summed E-state index contributed by atoms with van der Waals surface area (Å²) in [6.45, 7) is -1.50. The second-order valence-electron chi connectivity index (χ2n) is 7.54. The molecule has 0 bridgehead atoms. The number of ketones is 1. The number of rotatable bonds is 6. The lowest BCUT2D eigenvalue weighted by molar-refractivity contribution is -0.144. The Bertz CT molecular complexity index is 1260. The molecule has 2 heterocycles. The quantitative estimate of drug-likeness (QED) is 0.665. The van der Waals surface area contributed by atoms with Crippen molar-refractivity contribution < 1.29 is 32.1 Å². The predicted molar refractivity (Wildman–Crippen MR) is 111 cm³/mol. The molecular weight excluding hydrogens is 442 g/mol. The van der Waals surface area contributed by atoms with Gasteiger partial charge in [0.25, 0.3) is 5.91 Å². The summed E-state index contributed by atoms with van der Waals surface area (Å²) in [5, 5.41) is 2.35. The predicted octanol–water partition coefficient (Wildman–Crippen LogP) is 3.39. The zero-order valence-corrected chi connectivity index (χ0v) is 17.3. The highest BCUT2D eigenvalue weighted by atomic mass is 35.5. The lowest BCUT2D eigenvalue weighted by Gasteiger charge is -2.29. The van der Waals surface area contributed by atoms with E-state index in [2.05, 4.69) is 5.32 Å². The van der Waals surface area contributed by atoms with Gasteiger partial charge in [-0.3, -0.25) is 24.5 Å². The molecule has 2 aliphatic heterocycles. The van der Waals surface area contributed by atoms with Gasteiger partial charge in [0.15, 0.2) is 0 Å². The van der Waals surface area contributed by atoms with Gasteiger partial charge in [-0.25, -0.2) is 0 Å². The lowest BCUT2D eigenvalue weighted by atomic mass is 9.97. The molecule has 2 aromatic rings. The van der Waals surface area contributed by atoms with E-state index in [-0.39, 0.29) is 53.1 Å². The maximum Gasteiger partial charge on any atom is 0.330 e. The molecule has 32 heavy (non-hydrogen) atoms. The largest absolute Gasteiger partial charge is 0.330 e. The Morgan fingerprint density at radius 1 is 1.25 bits per heavy atom. The molecule has 6 nitrogen and oxygen atoms in total. The minimum Gasteiger partial charge on any atom is -0.322 e. The number of Topliss-reactive ketones (excluding diaryl/α,β-unsaturated/α-hetero) is 1. The van der Waals surface area contributed by atoms with Crippen LogP contribution in [0.25, 0.3) is 0 Å². The first kappa shape index (κ1) is 18.4. The smallest absolute Gasteiger partial charge is 0.322 e. The topological polar surface area (TPSA) is 83.6 Å². The Labute approximate surface area is 191 Å². The van der Waals surface area contributed by atoms with Crippen LogP contribution in [0.2, 0.25) is 5.02 Å². The molecule has 9 heteroatoms. The fraction of sp³-hybridized carbons (Fsp3) is 0.304. The van der Waals surface area contributed by atoms with Crippen molar-refractivity contribution in [2.24, 2.45) is 0 Å². The Balaban J connectivity index is 1.57. The molecule has 0 saturated carbocycles. The van der Waals surface area contributed by atoms with Gasteiger partial charge in [-0.2, -0.15) is 8.78 Å². The van der Waals surface area contributed by atoms with E-state index >= 15 is 0 Å². The van der Waals surface area contributed by atoms with Crippen molar-refractivity contribution in [2.75, 3.05) is 0 Å². The second-order valence-corrected chi connectivity index (χ2v) is 7.98. The number of fused-ring (bicyclic) bond motifs is 1. The summed E-state index contributed by atoms with van der Waals surface area (Å²) in [6.07, 6.45) is -0.978. The highest BCUT2D eigenvalue weighted by Crippen LogP contribution is 2.32. The number of carbonyl (C=O) groups excluding carboxylic acids is 4. The number of aryl methyl sites for hydroxylation is 1. The molecule has 2 aromatic carbocycles. The molecule has 0 aliphatic carbocycles. The van der Waals surface area contributed by atoms with Crippen molar-refractivity contribution in [2.45, 2.75) is 44.2 Å². The van der Waals surface area contributed by atoms with Crippen LogP contribution in [0.3, 0.4) is 0 Å². The molecule has 1 N–H and O–H groups in total. The molecule has 0 radical (unpaired) electrons. The van der Waals surface area contributed by atoms with Gasteiger partial charge in [0.1, 0.15) is 6.04 Å². The van der Waals surface area contributed by atoms with Crippen molar-refractivity contribution >= 4 is 35.1 Å². The zero-order valence-electron chi connectivity index (χ0n) is 19.6. The van der Waals surface area contributed by atoms with Gasteiger partial charge >= 0.3 is 5.92 Å². The van der Waals surface area contributed by atoms with E-state index in [1.54, 1.807) is 0 Å². The molecule has 166 valence electrons. The van der Waals surface area contributed by atoms with E-state index in [0.29, 0.717) is 0 Å². The maximum atomic E-state index is 14.6. The number of hydrogen-bond donors (Lipinski definition) is 1. The maximum absolute atomic E-state index is 14.6. The summed E-state index contributed by atoms with van der Waals surface area (Å²) >= 11 is 5.71. The summed E-state index contributed by atoms with van der Waals surface area (Å²) in [5.74, 6) is -7.21. The first-order chi connectivity index (χ1) is 16.4. The average Bonchev–Trinajstić information content (AvgIpc) is 3.06. The Kier molecular flexibility index (Phi) is 4.86. The van der Waals surface area contributed by atoms with Crippen LogP contribution in [0, 0.1) is 0 Å². The number of amides is 3. The highest BCUT2D eigenvalue weighted by Gasteiger charge is 2.41. The fourth-order valence-corrected chi connectivity index (χ4v) is 3.77. The van der Waals surface area contributed by atoms with Crippen LogP contribution in [0.4, 0.5) is 8.78 Å².